The maximum absolute atomic E-state index is 13.7. The van der Waals surface area contributed by atoms with Crippen molar-refractivity contribution in [2.75, 3.05) is 31.1 Å². The van der Waals surface area contributed by atoms with E-state index in [2.05, 4.69) is 36.1 Å². The Kier molecular flexibility index (Phi) is 7.41. The van der Waals surface area contributed by atoms with E-state index in [1.54, 1.807) is 16.8 Å². The van der Waals surface area contributed by atoms with Gasteiger partial charge in [-0.1, -0.05) is 60.2 Å². The number of rotatable bonds is 6. The van der Waals surface area contributed by atoms with Crippen molar-refractivity contribution in [2.45, 2.75) is 25.6 Å². The summed E-state index contributed by atoms with van der Waals surface area (Å²) < 4.78 is 15.5. The molecule has 3 aromatic carbocycles. The Bertz CT molecular complexity index is 1680. The van der Waals surface area contributed by atoms with Crippen molar-refractivity contribution in [1.82, 2.24) is 24.6 Å². The van der Waals surface area contributed by atoms with E-state index in [1.165, 1.54) is 17.7 Å². The molecule has 0 radical (unpaired) electrons. The summed E-state index contributed by atoms with van der Waals surface area (Å²) in [5.41, 5.74) is 5.27. The fraction of sp³-hybridized carbons (Fsp3) is 0.250. The van der Waals surface area contributed by atoms with Gasteiger partial charge in [-0.3, -0.25) is 4.79 Å². The van der Waals surface area contributed by atoms with Crippen molar-refractivity contribution in [2.24, 2.45) is 0 Å². The smallest absolute Gasteiger partial charge is 0.245 e. The molecule has 1 aliphatic rings. The van der Waals surface area contributed by atoms with Crippen molar-refractivity contribution in [3.63, 3.8) is 0 Å². The Morgan fingerprint density at radius 2 is 1.59 bits per heavy atom. The van der Waals surface area contributed by atoms with Crippen molar-refractivity contribution < 1.29 is 9.18 Å². The van der Waals surface area contributed by atoms with E-state index >= 15 is 0 Å². The summed E-state index contributed by atoms with van der Waals surface area (Å²) in [6.45, 7) is 6.25. The van der Waals surface area contributed by atoms with Gasteiger partial charge in [0, 0.05) is 32.6 Å². The highest BCUT2D eigenvalue weighted by Gasteiger charge is 2.29. The second-order valence-electron chi connectivity index (χ2n) is 10.4. The zero-order chi connectivity index (χ0) is 28.5. The Morgan fingerprint density at radius 3 is 2.27 bits per heavy atom. The molecule has 1 atom stereocenters. The van der Waals surface area contributed by atoms with Crippen molar-refractivity contribution in [1.29, 1.82) is 0 Å². The Balaban J connectivity index is 1.33. The van der Waals surface area contributed by atoms with Crippen LogP contribution in [-0.2, 0) is 11.2 Å². The lowest BCUT2D eigenvalue weighted by Gasteiger charge is -2.36. The van der Waals surface area contributed by atoms with E-state index in [4.69, 9.17) is 26.7 Å². The number of hydrogen-bond donors (Lipinski definition) is 0. The van der Waals surface area contributed by atoms with Crippen molar-refractivity contribution >= 4 is 34.4 Å². The van der Waals surface area contributed by atoms with Crippen LogP contribution >= 0.6 is 11.6 Å². The molecular formula is C32H30ClFN6O. The van der Waals surface area contributed by atoms with Gasteiger partial charge < -0.3 is 9.80 Å². The SMILES string of the molecule is Cc1ccc(Cc2nc(N3CCN(C(=O)C(Cl)c4ccccc4)CC3)c3c(C)nn(-c4ccc(F)cc4)c3n2)cc1. The second-order valence-corrected chi connectivity index (χ2v) is 10.8. The number of fused-ring (bicyclic) bond motifs is 1. The van der Waals surface area contributed by atoms with E-state index < -0.39 is 5.38 Å². The Labute approximate surface area is 243 Å². The van der Waals surface area contributed by atoms with E-state index in [9.17, 15) is 9.18 Å². The van der Waals surface area contributed by atoms with Gasteiger partial charge in [-0.2, -0.15) is 5.10 Å². The van der Waals surface area contributed by atoms with Crippen LogP contribution in [0.15, 0.2) is 78.9 Å². The number of anilines is 1. The average Bonchev–Trinajstić information content (AvgIpc) is 3.34. The molecule has 9 heteroatoms. The number of carbonyl (C=O) groups is 1. The third-order valence-electron chi connectivity index (χ3n) is 7.48. The fourth-order valence-electron chi connectivity index (χ4n) is 5.23. The minimum atomic E-state index is -0.717. The van der Waals surface area contributed by atoms with Gasteiger partial charge in [0.25, 0.3) is 0 Å². The Hall–Kier alpha value is -4.30. The normalized spacial score (nSPS) is 14.4. The average molecular weight is 569 g/mol. The third kappa shape index (κ3) is 5.52. The summed E-state index contributed by atoms with van der Waals surface area (Å²) in [4.78, 5) is 27.2. The van der Waals surface area contributed by atoms with Gasteiger partial charge in [0.05, 0.1) is 16.8 Å². The van der Waals surface area contributed by atoms with E-state index in [0.717, 1.165) is 33.7 Å². The molecule has 0 spiro atoms. The van der Waals surface area contributed by atoms with Crippen LogP contribution < -0.4 is 4.90 Å². The first-order valence-electron chi connectivity index (χ1n) is 13.7. The van der Waals surface area contributed by atoms with Gasteiger partial charge in [-0.15, -0.1) is 11.6 Å². The lowest BCUT2D eigenvalue weighted by molar-refractivity contribution is -0.131. The molecule has 6 rings (SSSR count). The number of aromatic nitrogens is 4. The number of carbonyl (C=O) groups excluding carboxylic acids is 1. The minimum absolute atomic E-state index is 0.0919. The third-order valence-corrected chi connectivity index (χ3v) is 7.92. The van der Waals surface area contributed by atoms with Crippen molar-refractivity contribution in [3.05, 3.63) is 113 Å². The summed E-state index contributed by atoms with van der Waals surface area (Å²) in [5, 5.41) is 4.92. The van der Waals surface area contributed by atoms with Gasteiger partial charge in [0.1, 0.15) is 22.8 Å². The second kappa shape index (κ2) is 11.3. The van der Waals surface area contributed by atoms with E-state index in [-0.39, 0.29) is 11.7 Å². The number of piperazine rings is 1. The molecule has 1 unspecified atom stereocenters. The van der Waals surface area contributed by atoms with Crippen LogP contribution in [0, 0.1) is 19.7 Å². The molecule has 0 N–H and O–H groups in total. The molecule has 1 amide bonds. The molecule has 0 saturated carbocycles. The molecule has 208 valence electrons. The number of aryl methyl sites for hydroxylation is 2. The van der Waals surface area contributed by atoms with Crippen LogP contribution in [0.4, 0.5) is 10.2 Å². The number of benzene rings is 3. The molecule has 1 fully saturated rings. The summed E-state index contributed by atoms with van der Waals surface area (Å²) >= 11 is 6.56. The first-order valence-corrected chi connectivity index (χ1v) is 14.1. The molecule has 0 aliphatic carbocycles. The predicted octanol–water partition coefficient (Wildman–Crippen LogP) is 5.79. The molecule has 2 aromatic heterocycles. The summed E-state index contributed by atoms with van der Waals surface area (Å²) in [7, 11) is 0. The number of amides is 1. The van der Waals surface area contributed by atoms with Crippen LogP contribution in [-0.4, -0.2) is 56.7 Å². The number of halogens is 2. The predicted molar refractivity (Wildman–Crippen MR) is 159 cm³/mol. The van der Waals surface area contributed by atoms with E-state index in [1.807, 2.05) is 42.2 Å². The van der Waals surface area contributed by atoms with Crippen LogP contribution in [0.3, 0.4) is 0 Å². The molecule has 0 bridgehead atoms. The van der Waals surface area contributed by atoms with Crippen LogP contribution in [0.2, 0.25) is 0 Å². The highest BCUT2D eigenvalue weighted by molar-refractivity contribution is 6.30. The van der Waals surface area contributed by atoms with Gasteiger partial charge in [-0.05, 0) is 49.2 Å². The van der Waals surface area contributed by atoms with Gasteiger partial charge >= 0.3 is 0 Å². The number of alkyl halides is 1. The maximum Gasteiger partial charge on any atom is 0.245 e. The van der Waals surface area contributed by atoms with Crippen molar-refractivity contribution in [3.8, 4) is 5.69 Å². The minimum Gasteiger partial charge on any atom is -0.352 e. The monoisotopic (exact) mass is 568 g/mol. The summed E-state index contributed by atoms with van der Waals surface area (Å²) in [5.74, 6) is 1.06. The van der Waals surface area contributed by atoms with E-state index in [0.29, 0.717) is 44.1 Å². The highest BCUT2D eigenvalue weighted by Crippen LogP contribution is 2.31. The van der Waals surface area contributed by atoms with Gasteiger partial charge in [0.2, 0.25) is 5.91 Å². The molecule has 41 heavy (non-hydrogen) atoms. The Morgan fingerprint density at radius 1 is 0.902 bits per heavy atom. The first kappa shape index (κ1) is 26.9. The molecule has 1 saturated heterocycles. The fourth-order valence-corrected chi connectivity index (χ4v) is 5.51. The molecule has 7 nitrogen and oxygen atoms in total. The zero-order valence-electron chi connectivity index (χ0n) is 23.0. The zero-order valence-corrected chi connectivity index (χ0v) is 23.7. The van der Waals surface area contributed by atoms with Gasteiger partial charge in [0.15, 0.2) is 5.65 Å². The molecule has 3 heterocycles. The summed E-state index contributed by atoms with van der Waals surface area (Å²) in [6.07, 6.45) is 0.556. The van der Waals surface area contributed by atoms with Crippen LogP contribution in [0.1, 0.15) is 33.6 Å². The standard InChI is InChI=1S/C32H30ClFN6O/c1-21-8-10-23(11-9-21)20-27-35-30(28-22(2)37-40(31(28)36-27)26-14-12-25(34)13-15-26)38-16-18-39(19-17-38)32(41)29(33)24-6-4-3-5-7-24/h3-15,29H,16-20H2,1-2H3. The quantitative estimate of drug-likeness (QED) is 0.243. The van der Waals surface area contributed by atoms with Crippen LogP contribution in [0.5, 0.6) is 0 Å². The lowest BCUT2D eigenvalue weighted by Crippen LogP contribution is -2.50. The topological polar surface area (TPSA) is 67.2 Å². The van der Waals surface area contributed by atoms with Crippen LogP contribution in [0.25, 0.3) is 16.7 Å². The number of nitrogens with zero attached hydrogens (tertiary/aromatic N) is 6. The number of hydrogen-bond acceptors (Lipinski definition) is 5. The summed E-state index contributed by atoms with van der Waals surface area (Å²) in [6, 6.07) is 24.0. The largest absolute Gasteiger partial charge is 0.352 e. The molecular weight excluding hydrogens is 539 g/mol. The van der Waals surface area contributed by atoms with Gasteiger partial charge in [-0.25, -0.2) is 19.0 Å². The maximum atomic E-state index is 13.7. The first-order chi connectivity index (χ1) is 19.9. The molecule has 5 aromatic rings. The highest BCUT2D eigenvalue weighted by atomic mass is 35.5. The lowest BCUT2D eigenvalue weighted by atomic mass is 10.1. The molecule has 1 aliphatic heterocycles.